The molecule has 100 valence electrons. The van der Waals surface area contributed by atoms with Gasteiger partial charge in [0.2, 0.25) is 0 Å². The average molecular weight is 281 g/mol. The third-order valence-electron chi connectivity index (χ3n) is 2.43. The van der Waals surface area contributed by atoms with Gasteiger partial charge in [0.1, 0.15) is 11.6 Å². The van der Waals surface area contributed by atoms with Crippen molar-refractivity contribution in [1.82, 2.24) is 0 Å². The summed E-state index contributed by atoms with van der Waals surface area (Å²) < 4.78 is 44.5. The van der Waals surface area contributed by atoms with E-state index in [2.05, 4.69) is 4.72 Å². The number of halogens is 1. The first-order valence-corrected chi connectivity index (χ1v) is 6.92. The summed E-state index contributed by atoms with van der Waals surface area (Å²) in [6.45, 7) is 0. The van der Waals surface area contributed by atoms with Gasteiger partial charge in [0, 0.05) is 6.07 Å². The van der Waals surface area contributed by atoms with Crippen molar-refractivity contribution in [3.05, 3.63) is 54.3 Å². The molecule has 0 radical (unpaired) electrons. The van der Waals surface area contributed by atoms with E-state index in [4.69, 9.17) is 4.74 Å². The zero-order valence-corrected chi connectivity index (χ0v) is 10.9. The Bertz CT molecular complexity index is 686. The minimum absolute atomic E-state index is 0.0520. The molecule has 2 aromatic rings. The standard InChI is InChI=1S/C13H12FNO3S/c1-18-12-6-3-7-13(9-12)19(16,17)15-11-5-2-4-10(14)8-11/h2-9,15H,1H3. The van der Waals surface area contributed by atoms with Crippen LogP contribution in [0.1, 0.15) is 0 Å². The molecular weight excluding hydrogens is 269 g/mol. The fourth-order valence-electron chi connectivity index (χ4n) is 1.53. The van der Waals surface area contributed by atoms with Crippen LogP contribution >= 0.6 is 0 Å². The van der Waals surface area contributed by atoms with Crippen molar-refractivity contribution in [2.75, 3.05) is 11.8 Å². The van der Waals surface area contributed by atoms with E-state index in [0.717, 1.165) is 6.07 Å². The molecule has 0 aliphatic carbocycles. The summed E-state index contributed by atoms with van der Waals surface area (Å²) >= 11 is 0. The summed E-state index contributed by atoms with van der Waals surface area (Å²) in [5.41, 5.74) is 0.169. The molecule has 0 atom stereocenters. The summed E-state index contributed by atoms with van der Waals surface area (Å²) in [6, 6.07) is 11.3. The molecule has 19 heavy (non-hydrogen) atoms. The maximum atomic E-state index is 13.0. The number of methoxy groups -OCH3 is 1. The van der Waals surface area contributed by atoms with Gasteiger partial charge in [-0.15, -0.1) is 0 Å². The molecule has 0 spiro atoms. The van der Waals surface area contributed by atoms with Crippen LogP contribution in [0.4, 0.5) is 10.1 Å². The number of hydrogen-bond donors (Lipinski definition) is 1. The molecule has 2 rings (SSSR count). The average Bonchev–Trinajstić information content (AvgIpc) is 2.38. The van der Waals surface area contributed by atoms with E-state index >= 15 is 0 Å². The molecule has 0 aliphatic rings. The van der Waals surface area contributed by atoms with Gasteiger partial charge in [0.15, 0.2) is 0 Å². The van der Waals surface area contributed by atoms with Crippen molar-refractivity contribution in [2.24, 2.45) is 0 Å². The van der Waals surface area contributed by atoms with Crippen LogP contribution in [0.3, 0.4) is 0 Å². The third-order valence-corrected chi connectivity index (χ3v) is 3.81. The van der Waals surface area contributed by atoms with Gasteiger partial charge in [0.25, 0.3) is 10.0 Å². The van der Waals surface area contributed by atoms with E-state index in [1.165, 1.54) is 37.4 Å². The molecule has 0 aliphatic heterocycles. The Morgan fingerprint density at radius 2 is 1.84 bits per heavy atom. The monoisotopic (exact) mass is 281 g/mol. The summed E-state index contributed by atoms with van der Waals surface area (Å²) in [4.78, 5) is 0.0520. The van der Waals surface area contributed by atoms with Gasteiger partial charge < -0.3 is 4.74 Å². The number of rotatable bonds is 4. The zero-order chi connectivity index (χ0) is 13.9. The highest BCUT2D eigenvalue weighted by Gasteiger charge is 2.15. The molecule has 0 unspecified atom stereocenters. The van der Waals surface area contributed by atoms with Crippen molar-refractivity contribution in [3.8, 4) is 5.75 Å². The summed E-state index contributed by atoms with van der Waals surface area (Å²) in [7, 11) is -2.31. The maximum absolute atomic E-state index is 13.0. The second-order valence-electron chi connectivity index (χ2n) is 3.79. The summed E-state index contributed by atoms with van der Waals surface area (Å²) in [6.07, 6.45) is 0. The second kappa shape index (κ2) is 5.27. The molecule has 1 N–H and O–H groups in total. The Kier molecular flexibility index (Phi) is 3.71. The highest BCUT2D eigenvalue weighted by molar-refractivity contribution is 7.92. The molecule has 0 bridgehead atoms. The topological polar surface area (TPSA) is 55.4 Å². The lowest BCUT2D eigenvalue weighted by molar-refractivity contribution is 0.413. The number of nitrogens with one attached hydrogen (secondary N) is 1. The van der Waals surface area contributed by atoms with Crippen LogP contribution < -0.4 is 9.46 Å². The molecule has 4 nitrogen and oxygen atoms in total. The van der Waals surface area contributed by atoms with Gasteiger partial charge in [-0.05, 0) is 30.3 Å². The molecular formula is C13H12FNO3S. The summed E-state index contributed by atoms with van der Waals surface area (Å²) in [5, 5.41) is 0. The van der Waals surface area contributed by atoms with Crippen LogP contribution in [0.15, 0.2) is 53.4 Å². The van der Waals surface area contributed by atoms with E-state index in [-0.39, 0.29) is 10.6 Å². The zero-order valence-electron chi connectivity index (χ0n) is 10.1. The lowest BCUT2D eigenvalue weighted by atomic mass is 10.3. The number of hydrogen-bond acceptors (Lipinski definition) is 3. The fourth-order valence-corrected chi connectivity index (χ4v) is 2.62. The minimum atomic E-state index is -3.76. The van der Waals surface area contributed by atoms with E-state index in [0.29, 0.717) is 5.75 Å². The first kappa shape index (κ1) is 13.4. The van der Waals surface area contributed by atoms with Crippen molar-refractivity contribution in [1.29, 1.82) is 0 Å². The van der Waals surface area contributed by atoms with Gasteiger partial charge in [-0.1, -0.05) is 12.1 Å². The van der Waals surface area contributed by atoms with Crippen LogP contribution in [0, 0.1) is 5.82 Å². The second-order valence-corrected chi connectivity index (χ2v) is 5.48. The molecule has 0 saturated carbocycles. The number of ether oxygens (including phenoxy) is 1. The van der Waals surface area contributed by atoms with Gasteiger partial charge in [-0.2, -0.15) is 0 Å². The van der Waals surface area contributed by atoms with Crippen molar-refractivity contribution in [3.63, 3.8) is 0 Å². The maximum Gasteiger partial charge on any atom is 0.262 e. The van der Waals surface area contributed by atoms with Crippen molar-refractivity contribution >= 4 is 15.7 Å². The first-order valence-electron chi connectivity index (χ1n) is 5.44. The Hall–Kier alpha value is -2.08. The van der Waals surface area contributed by atoms with E-state index < -0.39 is 15.8 Å². The molecule has 0 heterocycles. The molecule has 0 amide bonds. The molecule has 0 fully saturated rings. The van der Waals surface area contributed by atoms with Crippen LogP contribution in [-0.2, 0) is 10.0 Å². The molecule has 0 aromatic heterocycles. The Morgan fingerprint density at radius 1 is 1.11 bits per heavy atom. The first-order chi connectivity index (χ1) is 9.01. The molecule has 0 saturated heterocycles. The molecule has 6 heteroatoms. The quantitative estimate of drug-likeness (QED) is 0.937. The predicted octanol–water partition coefficient (Wildman–Crippen LogP) is 2.64. The van der Waals surface area contributed by atoms with Gasteiger partial charge >= 0.3 is 0 Å². The van der Waals surface area contributed by atoms with Crippen molar-refractivity contribution < 1.29 is 17.5 Å². The fraction of sp³-hybridized carbons (Fsp3) is 0.0769. The van der Waals surface area contributed by atoms with Crippen LogP contribution in [0.25, 0.3) is 0 Å². The SMILES string of the molecule is COc1cccc(S(=O)(=O)Nc2cccc(F)c2)c1. The number of sulfonamides is 1. The van der Waals surface area contributed by atoms with Crippen LogP contribution in [-0.4, -0.2) is 15.5 Å². The third kappa shape index (κ3) is 3.23. The normalized spacial score (nSPS) is 11.1. The Balaban J connectivity index is 2.32. The lowest BCUT2D eigenvalue weighted by Crippen LogP contribution is -2.13. The number of benzene rings is 2. The van der Waals surface area contributed by atoms with Gasteiger partial charge in [-0.25, -0.2) is 12.8 Å². The van der Waals surface area contributed by atoms with E-state index in [1.54, 1.807) is 12.1 Å². The summed E-state index contributed by atoms with van der Waals surface area (Å²) in [5.74, 6) is -0.0760. The van der Waals surface area contributed by atoms with Crippen LogP contribution in [0.5, 0.6) is 5.75 Å². The van der Waals surface area contributed by atoms with Gasteiger partial charge in [0.05, 0.1) is 17.7 Å². The molecule has 2 aromatic carbocycles. The Labute approximate surface area is 110 Å². The van der Waals surface area contributed by atoms with E-state index in [1.807, 2.05) is 0 Å². The largest absolute Gasteiger partial charge is 0.497 e. The van der Waals surface area contributed by atoms with Crippen molar-refractivity contribution in [2.45, 2.75) is 4.90 Å². The number of anilines is 1. The van der Waals surface area contributed by atoms with Gasteiger partial charge in [-0.3, -0.25) is 4.72 Å². The Morgan fingerprint density at radius 3 is 2.53 bits per heavy atom. The predicted molar refractivity (Wildman–Crippen MR) is 70.2 cm³/mol. The lowest BCUT2D eigenvalue weighted by Gasteiger charge is -2.09. The van der Waals surface area contributed by atoms with E-state index in [9.17, 15) is 12.8 Å². The minimum Gasteiger partial charge on any atom is -0.497 e. The van der Waals surface area contributed by atoms with Crippen LogP contribution in [0.2, 0.25) is 0 Å². The smallest absolute Gasteiger partial charge is 0.262 e. The highest BCUT2D eigenvalue weighted by atomic mass is 32.2. The highest BCUT2D eigenvalue weighted by Crippen LogP contribution is 2.20.